The van der Waals surface area contributed by atoms with E-state index in [-0.39, 0.29) is 0 Å². The highest BCUT2D eigenvalue weighted by atomic mass is 32.2. The largest absolute Gasteiger partial charge is 0.497 e. The van der Waals surface area contributed by atoms with Crippen molar-refractivity contribution in [2.24, 2.45) is 0 Å². The Morgan fingerprint density at radius 1 is 1.17 bits per heavy atom. The Hall–Kier alpha value is -1.94. The molecule has 18 heavy (non-hydrogen) atoms. The number of benzene rings is 1. The van der Waals surface area contributed by atoms with Crippen LogP contribution in [0.3, 0.4) is 0 Å². The molecule has 0 spiro atoms. The number of rotatable bonds is 4. The number of pyridine rings is 1. The van der Waals surface area contributed by atoms with E-state index in [4.69, 9.17) is 9.52 Å². The second-order valence-corrected chi connectivity index (χ2v) is 4.99. The second-order valence-electron chi connectivity index (χ2n) is 3.57. The summed E-state index contributed by atoms with van der Waals surface area (Å²) in [7, 11) is 0.965. The maximum Gasteiger partial charge on any atom is 0.118 e. The highest BCUT2D eigenvalue weighted by Gasteiger charge is 1.96. The Balaban J connectivity index is 2.09. The van der Waals surface area contributed by atoms with E-state index in [1.165, 1.54) is 0 Å². The maximum atomic E-state index is 8.06. The van der Waals surface area contributed by atoms with Gasteiger partial charge in [0.1, 0.15) is 5.75 Å². The quantitative estimate of drug-likeness (QED) is 0.912. The molecule has 0 aliphatic rings. The minimum Gasteiger partial charge on any atom is -0.497 e. The van der Waals surface area contributed by atoms with Crippen molar-refractivity contribution in [3.63, 3.8) is 0 Å². The van der Waals surface area contributed by atoms with Gasteiger partial charge < -0.3 is 4.74 Å². The van der Waals surface area contributed by atoms with Crippen LogP contribution in [0.1, 0.15) is 5.69 Å². The molecule has 0 aliphatic heterocycles. The number of hydrogen-bond acceptors (Lipinski definition) is 3. The Bertz CT molecular complexity index is 550. The smallest absolute Gasteiger partial charge is 0.118 e. The number of nitrogens with one attached hydrogen (secondary N) is 1. The third-order valence-electron chi connectivity index (χ3n) is 2.38. The van der Waals surface area contributed by atoms with Crippen molar-refractivity contribution in [3.8, 4) is 5.75 Å². The van der Waals surface area contributed by atoms with Crippen LogP contribution in [0.5, 0.6) is 5.75 Å². The van der Waals surface area contributed by atoms with Crippen LogP contribution in [0, 0.1) is 4.78 Å². The maximum absolute atomic E-state index is 8.06. The third kappa shape index (κ3) is 3.28. The van der Waals surface area contributed by atoms with Crippen molar-refractivity contribution in [2.75, 3.05) is 7.11 Å². The topological polar surface area (TPSA) is 46.0 Å². The number of nitrogens with zero attached hydrogens (tertiary/aromatic N) is 1. The molecule has 0 aliphatic carbocycles. The first-order chi connectivity index (χ1) is 8.79. The third-order valence-corrected chi connectivity index (χ3v) is 3.56. The Morgan fingerprint density at radius 3 is 2.56 bits per heavy atom. The van der Waals surface area contributed by atoms with Crippen LogP contribution in [-0.2, 0) is 10.7 Å². The zero-order chi connectivity index (χ0) is 12.8. The summed E-state index contributed by atoms with van der Waals surface area (Å²) in [4.78, 5) is 5.15. The molecule has 0 amide bonds. The second kappa shape index (κ2) is 6.12. The molecule has 92 valence electrons. The molecular weight excluding hydrogens is 244 g/mol. The van der Waals surface area contributed by atoms with Crippen LogP contribution >= 0.6 is 0 Å². The van der Waals surface area contributed by atoms with Gasteiger partial charge in [-0.2, -0.15) is 0 Å². The lowest BCUT2D eigenvalue weighted by Gasteiger charge is -2.02. The molecule has 1 atom stereocenters. The first-order valence-electron chi connectivity index (χ1n) is 5.47. The fraction of sp³-hybridized carbons (Fsp3) is 0.0714. The predicted molar refractivity (Wildman–Crippen MR) is 74.6 cm³/mol. The van der Waals surface area contributed by atoms with Crippen LogP contribution in [0.15, 0.2) is 59.0 Å². The summed E-state index contributed by atoms with van der Waals surface area (Å²) in [6.45, 7) is 0. The molecule has 1 heterocycles. The van der Waals surface area contributed by atoms with Gasteiger partial charge in [0.2, 0.25) is 0 Å². The lowest BCUT2D eigenvalue weighted by atomic mass is 10.3. The molecular formula is C14H14N2OS. The zero-order valence-electron chi connectivity index (χ0n) is 10.0. The molecule has 2 aromatic rings. The zero-order valence-corrected chi connectivity index (χ0v) is 10.9. The van der Waals surface area contributed by atoms with E-state index in [1.54, 1.807) is 13.3 Å². The van der Waals surface area contributed by atoms with Crippen molar-refractivity contribution in [1.29, 1.82) is 4.78 Å². The SMILES string of the molecule is COc1ccc(S(=N)/C=C/c2ccccn2)cc1. The van der Waals surface area contributed by atoms with Crippen molar-refractivity contribution in [2.45, 2.75) is 4.90 Å². The number of hydrogen-bond donors (Lipinski definition) is 1. The molecule has 0 bridgehead atoms. The van der Waals surface area contributed by atoms with Gasteiger partial charge in [-0.3, -0.25) is 9.76 Å². The summed E-state index contributed by atoms with van der Waals surface area (Å²) < 4.78 is 13.2. The monoisotopic (exact) mass is 258 g/mol. The molecule has 4 heteroatoms. The van der Waals surface area contributed by atoms with Gasteiger partial charge in [-0.25, -0.2) is 0 Å². The molecule has 1 N–H and O–H groups in total. The Kier molecular flexibility index (Phi) is 4.25. The van der Waals surface area contributed by atoms with Crippen molar-refractivity contribution in [3.05, 3.63) is 59.8 Å². The van der Waals surface area contributed by atoms with Gasteiger partial charge in [-0.05, 0) is 58.6 Å². The van der Waals surface area contributed by atoms with Crippen LogP contribution in [0.2, 0.25) is 0 Å². The first kappa shape index (κ1) is 12.5. The Morgan fingerprint density at radius 2 is 1.94 bits per heavy atom. The van der Waals surface area contributed by atoms with Crippen LogP contribution < -0.4 is 4.74 Å². The molecule has 2 rings (SSSR count). The van der Waals surface area contributed by atoms with E-state index in [0.29, 0.717) is 0 Å². The van der Waals surface area contributed by atoms with Gasteiger partial charge in [-0.1, -0.05) is 6.07 Å². The number of methoxy groups -OCH3 is 1. The highest BCUT2D eigenvalue weighted by Crippen LogP contribution is 2.15. The van der Waals surface area contributed by atoms with E-state index in [2.05, 4.69) is 4.98 Å². The van der Waals surface area contributed by atoms with Crippen LogP contribution in [0.25, 0.3) is 6.08 Å². The standard InChI is InChI=1S/C14H14N2OS/c1-17-13-5-7-14(8-6-13)18(15)11-9-12-4-2-3-10-16-12/h2-11,15H,1H3/b11-9+. The van der Waals surface area contributed by atoms with Crippen molar-refractivity contribution >= 4 is 16.8 Å². The van der Waals surface area contributed by atoms with Crippen molar-refractivity contribution in [1.82, 2.24) is 4.98 Å². The van der Waals surface area contributed by atoms with E-state index in [0.717, 1.165) is 16.3 Å². The number of aromatic nitrogens is 1. The van der Waals surface area contributed by atoms with Gasteiger partial charge in [0, 0.05) is 11.1 Å². The van der Waals surface area contributed by atoms with E-state index >= 15 is 0 Å². The minimum atomic E-state index is -0.670. The fourth-order valence-electron chi connectivity index (χ4n) is 1.41. The predicted octanol–water partition coefficient (Wildman–Crippen LogP) is 3.50. The van der Waals surface area contributed by atoms with E-state index in [1.807, 2.05) is 53.9 Å². The van der Waals surface area contributed by atoms with E-state index < -0.39 is 10.7 Å². The lowest BCUT2D eigenvalue weighted by molar-refractivity contribution is 0.414. The lowest BCUT2D eigenvalue weighted by Crippen LogP contribution is -1.86. The highest BCUT2D eigenvalue weighted by molar-refractivity contribution is 7.89. The average Bonchev–Trinajstić information content (AvgIpc) is 2.46. The summed E-state index contributed by atoms with van der Waals surface area (Å²) in [6.07, 6.45) is 3.62. The van der Waals surface area contributed by atoms with Gasteiger partial charge in [-0.15, -0.1) is 0 Å². The average molecular weight is 258 g/mol. The first-order valence-corrected chi connectivity index (χ1v) is 6.76. The molecule has 0 radical (unpaired) electrons. The molecule has 1 unspecified atom stereocenters. The Labute approximate surface area is 109 Å². The van der Waals surface area contributed by atoms with Crippen molar-refractivity contribution < 1.29 is 4.74 Å². The van der Waals surface area contributed by atoms with Gasteiger partial charge >= 0.3 is 0 Å². The molecule has 1 aromatic heterocycles. The fourth-order valence-corrected chi connectivity index (χ4v) is 2.28. The summed E-state index contributed by atoms with van der Waals surface area (Å²) >= 11 is 0. The molecule has 1 aromatic carbocycles. The summed E-state index contributed by atoms with van der Waals surface area (Å²) in [5.74, 6) is 0.810. The van der Waals surface area contributed by atoms with Gasteiger partial charge in [0.15, 0.2) is 0 Å². The molecule has 0 saturated heterocycles. The number of ether oxygens (including phenoxy) is 1. The van der Waals surface area contributed by atoms with Gasteiger partial charge in [0.05, 0.1) is 12.8 Å². The molecule has 0 fully saturated rings. The minimum absolute atomic E-state index is 0.670. The normalized spacial score (nSPS) is 12.5. The molecule has 0 saturated carbocycles. The van der Waals surface area contributed by atoms with E-state index in [9.17, 15) is 0 Å². The summed E-state index contributed by atoms with van der Waals surface area (Å²) in [6, 6.07) is 13.3. The summed E-state index contributed by atoms with van der Waals surface area (Å²) in [5.41, 5.74) is 0.871. The summed E-state index contributed by atoms with van der Waals surface area (Å²) in [5, 5.41) is 1.85. The van der Waals surface area contributed by atoms with Crippen LogP contribution in [-0.4, -0.2) is 12.1 Å². The molecule has 3 nitrogen and oxygen atoms in total. The van der Waals surface area contributed by atoms with Gasteiger partial charge in [0.25, 0.3) is 0 Å². The van der Waals surface area contributed by atoms with Crippen LogP contribution in [0.4, 0.5) is 0 Å².